The standard InChI is InChI=1S/C13H16N6O4/c1-13(2,3)23-12(20)15-6-9-8-18(17-16-9)11-5-4-10(7-14-11)19(21)22/h4-5,7-8H,6H2,1-3H3,(H,15,20). The van der Waals surface area contributed by atoms with Crippen molar-refractivity contribution in [1.82, 2.24) is 25.3 Å². The zero-order valence-electron chi connectivity index (χ0n) is 12.9. The Hall–Kier alpha value is -3.04. The second-order valence-corrected chi connectivity index (χ2v) is 5.64. The summed E-state index contributed by atoms with van der Waals surface area (Å²) in [4.78, 5) is 25.5. The molecule has 0 aromatic carbocycles. The van der Waals surface area contributed by atoms with Crippen molar-refractivity contribution in [2.24, 2.45) is 0 Å². The van der Waals surface area contributed by atoms with Gasteiger partial charge in [0.1, 0.15) is 17.5 Å². The molecule has 0 aliphatic rings. The lowest BCUT2D eigenvalue weighted by Gasteiger charge is -2.19. The molecule has 0 unspecified atom stereocenters. The van der Waals surface area contributed by atoms with Crippen LogP contribution in [0.25, 0.3) is 5.82 Å². The van der Waals surface area contributed by atoms with Gasteiger partial charge in [-0.3, -0.25) is 10.1 Å². The van der Waals surface area contributed by atoms with Gasteiger partial charge in [0.2, 0.25) is 0 Å². The van der Waals surface area contributed by atoms with Crippen LogP contribution < -0.4 is 5.32 Å². The summed E-state index contributed by atoms with van der Waals surface area (Å²) in [6.45, 7) is 5.44. The first-order valence-corrected chi connectivity index (χ1v) is 6.73. The summed E-state index contributed by atoms with van der Waals surface area (Å²) in [5, 5.41) is 20.9. The first-order valence-electron chi connectivity index (χ1n) is 6.73. The molecule has 0 bridgehead atoms. The Kier molecular flexibility index (Phi) is 4.53. The highest BCUT2D eigenvalue weighted by molar-refractivity contribution is 5.67. The Morgan fingerprint density at radius 2 is 2.17 bits per heavy atom. The van der Waals surface area contributed by atoms with Gasteiger partial charge in [-0.15, -0.1) is 5.10 Å². The van der Waals surface area contributed by atoms with Gasteiger partial charge in [-0.2, -0.15) is 0 Å². The lowest BCUT2D eigenvalue weighted by molar-refractivity contribution is -0.385. The van der Waals surface area contributed by atoms with Gasteiger partial charge in [0, 0.05) is 6.07 Å². The van der Waals surface area contributed by atoms with E-state index in [1.165, 1.54) is 16.8 Å². The number of aromatic nitrogens is 4. The van der Waals surface area contributed by atoms with Crippen LogP contribution in [0.1, 0.15) is 26.5 Å². The molecule has 0 saturated carbocycles. The number of alkyl carbamates (subject to hydrolysis) is 1. The SMILES string of the molecule is CC(C)(C)OC(=O)NCc1cn(-c2ccc([N+](=O)[O-])cn2)nn1. The fourth-order valence-electron chi connectivity index (χ4n) is 1.59. The second-order valence-electron chi connectivity index (χ2n) is 5.64. The molecule has 2 aromatic rings. The van der Waals surface area contributed by atoms with E-state index < -0.39 is 16.6 Å². The zero-order chi connectivity index (χ0) is 17.0. The predicted octanol–water partition coefficient (Wildman–Crippen LogP) is 1.60. The fraction of sp³-hybridized carbons (Fsp3) is 0.385. The quantitative estimate of drug-likeness (QED) is 0.669. The predicted molar refractivity (Wildman–Crippen MR) is 78.9 cm³/mol. The lowest BCUT2D eigenvalue weighted by Crippen LogP contribution is -2.32. The molecule has 2 heterocycles. The second kappa shape index (κ2) is 6.38. The topological polar surface area (TPSA) is 125 Å². The van der Waals surface area contributed by atoms with E-state index in [0.29, 0.717) is 11.5 Å². The molecule has 10 heteroatoms. The number of hydrogen-bond acceptors (Lipinski definition) is 7. The first-order chi connectivity index (χ1) is 10.7. The normalized spacial score (nSPS) is 11.1. The summed E-state index contributed by atoms with van der Waals surface area (Å²) in [6, 6.07) is 2.78. The molecule has 0 spiro atoms. The molecule has 0 fully saturated rings. The zero-order valence-corrected chi connectivity index (χ0v) is 12.9. The first kappa shape index (κ1) is 16.3. The van der Waals surface area contributed by atoms with E-state index >= 15 is 0 Å². The Labute approximate surface area is 131 Å². The number of pyridine rings is 1. The van der Waals surface area contributed by atoms with E-state index in [0.717, 1.165) is 6.20 Å². The van der Waals surface area contributed by atoms with E-state index in [4.69, 9.17) is 4.74 Å². The molecule has 0 atom stereocenters. The number of carbonyl (C=O) groups is 1. The molecule has 122 valence electrons. The number of carbonyl (C=O) groups excluding carboxylic acids is 1. The van der Waals surface area contributed by atoms with Crippen LogP contribution in [0.2, 0.25) is 0 Å². The molecule has 1 N–H and O–H groups in total. The molecular formula is C13H16N6O4. The molecule has 23 heavy (non-hydrogen) atoms. The molecule has 1 amide bonds. The highest BCUT2D eigenvalue weighted by Gasteiger charge is 2.16. The van der Waals surface area contributed by atoms with Crippen molar-refractivity contribution in [3.63, 3.8) is 0 Å². The van der Waals surface area contributed by atoms with Crippen molar-refractivity contribution < 1.29 is 14.5 Å². The number of nitrogens with one attached hydrogen (secondary N) is 1. The van der Waals surface area contributed by atoms with Gasteiger partial charge in [-0.25, -0.2) is 14.5 Å². The van der Waals surface area contributed by atoms with E-state index in [1.807, 2.05) is 0 Å². The van der Waals surface area contributed by atoms with Crippen molar-refractivity contribution in [3.05, 3.63) is 40.3 Å². The van der Waals surface area contributed by atoms with Crippen LogP contribution in [-0.4, -0.2) is 36.6 Å². The van der Waals surface area contributed by atoms with Gasteiger partial charge >= 0.3 is 6.09 Å². The van der Waals surface area contributed by atoms with Crippen molar-refractivity contribution in [2.75, 3.05) is 0 Å². The largest absolute Gasteiger partial charge is 0.444 e. The van der Waals surface area contributed by atoms with Crippen LogP contribution in [0.3, 0.4) is 0 Å². The van der Waals surface area contributed by atoms with Crippen molar-refractivity contribution in [3.8, 4) is 5.82 Å². The Balaban J connectivity index is 1.98. The summed E-state index contributed by atoms with van der Waals surface area (Å²) in [7, 11) is 0. The van der Waals surface area contributed by atoms with Gasteiger partial charge < -0.3 is 10.1 Å². The number of hydrogen-bond donors (Lipinski definition) is 1. The van der Waals surface area contributed by atoms with Crippen molar-refractivity contribution in [2.45, 2.75) is 32.9 Å². The van der Waals surface area contributed by atoms with Crippen LogP contribution in [0, 0.1) is 10.1 Å². The molecule has 0 radical (unpaired) electrons. The number of amides is 1. The Morgan fingerprint density at radius 3 is 2.74 bits per heavy atom. The maximum Gasteiger partial charge on any atom is 0.407 e. The smallest absolute Gasteiger partial charge is 0.407 e. The average Bonchev–Trinajstić information content (AvgIpc) is 2.92. The average molecular weight is 320 g/mol. The number of rotatable bonds is 4. The third-order valence-electron chi connectivity index (χ3n) is 2.53. The maximum atomic E-state index is 11.5. The summed E-state index contributed by atoms with van der Waals surface area (Å²) < 4.78 is 6.46. The van der Waals surface area contributed by atoms with Crippen LogP contribution in [0.15, 0.2) is 24.5 Å². The van der Waals surface area contributed by atoms with Gasteiger partial charge in [0.25, 0.3) is 5.69 Å². The highest BCUT2D eigenvalue weighted by Crippen LogP contribution is 2.11. The monoisotopic (exact) mass is 320 g/mol. The number of nitro groups is 1. The van der Waals surface area contributed by atoms with Crippen LogP contribution in [0.4, 0.5) is 10.5 Å². The summed E-state index contributed by atoms with van der Waals surface area (Å²) in [6.07, 6.45) is 2.14. The molecule has 2 rings (SSSR count). The minimum Gasteiger partial charge on any atom is -0.444 e. The molecule has 0 saturated heterocycles. The summed E-state index contributed by atoms with van der Waals surface area (Å²) in [5.74, 6) is 0.381. The van der Waals surface area contributed by atoms with Gasteiger partial charge in [-0.05, 0) is 26.8 Å². The highest BCUT2D eigenvalue weighted by atomic mass is 16.6. The third-order valence-corrected chi connectivity index (χ3v) is 2.53. The van der Waals surface area contributed by atoms with Gasteiger partial charge in [0.05, 0.1) is 17.7 Å². The molecule has 0 aliphatic heterocycles. The Bertz CT molecular complexity index is 704. The van der Waals surface area contributed by atoms with Crippen molar-refractivity contribution in [1.29, 1.82) is 0 Å². The summed E-state index contributed by atoms with van der Waals surface area (Å²) >= 11 is 0. The molecule has 0 aliphatic carbocycles. The van der Waals surface area contributed by atoms with E-state index in [1.54, 1.807) is 27.0 Å². The van der Waals surface area contributed by atoms with E-state index in [9.17, 15) is 14.9 Å². The minimum absolute atomic E-state index is 0.110. The van der Waals surface area contributed by atoms with Crippen molar-refractivity contribution >= 4 is 11.8 Å². The van der Waals surface area contributed by atoms with E-state index in [2.05, 4.69) is 20.6 Å². The van der Waals surface area contributed by atoms with Gasteiger partial charge in [0.15, 0.2) is 5.82 Å². The van der Waals surface area contributed by atoms with Gasteiger partial charge in [-0.1, -0.05) is 5.21 Å². The van der Waals surface area contributed by atoms with Crippen LogP contribution in [0.5, 0.6) is 0 Å². The third kappa shape index (κ3) is 4.73. The number of ether oxygens (including phenoxy) is 1. The molecule has 2 aromatic heterocycles. The minimum atomic E-state index is -0.579. The number of nitrogens with zero attached hydrogens (tertiary/aromatic N) is 5. The molecule has 10 nitrogen and oxygen atoms in total. The van der Waals surface area contributed by atoms with Crippen LogP contribution >= 0.6 is 0 Å². The maximum absolute atomic E-state index is 11.5. The lowest BCUT2D eigenvalue weighted by atomic mass is 10.2. The summed E-state index contributed by atoms with van der Waals surface area (Å²) in [5.41, 5.74) is -0.193. The van der Waals surface area contributed by atoms with E-state index in [-0.39, 0.29) is 12.2 Å². The van der Waals surface area contributed by atoms with Crippen LogP contribution in [-0.2, 0) is 11.3 Å². The Morgan fingerprint density at radius 1 is 1.43 bits per heavy atom. The fourth-order valence-corrected chi connectivity index (χ4v) is 1.59. The molecular weight excluding hydrogens is 304 g/mol.